The van der Waals surface area contributed by atoms with E-state index in [0.717, 1.165) is 0 Å². The molecule has 0 amide bonds. The average molecular weight is 142 g/mol. The number of hydrogen-bond donors (Lipinski definition) is 0. The van der Waals surface area contributed by atoms with Crippen LogP contribution in [0.3, 0.4) is 0 Å². The Morgan fingerprint density at radius 1 is 1.00 bits per heavy atom. The first kappa shape index (κ1) is 9.28. The molecule has 0 saturated heterocycles. The van der Waals surface area contributed by atoms with Crippen LogP contribution >= 0.6 is 0 Å². The summed E-state index contributed by atoms with van der Waals surface area (Å²) in [6, 6.07) is 4.45. The monoisotopic (exact) mass is 142 g/mol. The van der Waals surface area contributed by atoms with Crippen molar-refractivity contribution in [2.24, 2.45) is 0 Å². The molecule has 0 aliphatic carbocycles. The van der Waals surface area contributed by atoms with Gasteiger partial charge >= 0.3 is 0 Å². The lowest BCUT2D eigenvalue weighted by atomic mass is 10.2. The largest absolute Gasteiger partial charge is 0.0980 e. The van der Waals surface area contributed by atoms with Crippen LogP contribution < -0.4 is 0 Å². The first-order valence-corrected chi connectivity index (χ1v) is 7.07. The Labute approximate surface area is 61.5 Å². The fraction of sp³-hybridized carbons (Fsp3) is 1.00. The van der Waals surface area contributed by atoms with E-state index < -0.39 is 8.07 Å². The molecule has 54 valence electrons. The molecule has 0 radical (unpaired) electrons. The van der Waals surface area contributed by atoms with Gasteiger partial charge in [-0.3, -0.25) is 0 Å². The summed E-state index contributed by atoms with van der Waals surface area (Å²) in [5.41, 5.74) is 0. The minimum Gasteiger partial charge on any atom is -0.0845 e. The van der Waals surface area contributed by atoms with E-state index in [1.165, 1.54) is 24.1 Å². The molecule has 0 aromatic heterocycles. The molecule has 9 heavy (non-hydrogen) atoms. The van der Waals surface area contributed by atoms with Crippen molar-refractivity contribution in [3.63, 3.8) is 0 Å². The first-order chi connectivity index (χ1) is 4.24. The molecule has 0 atom stereocenters. The highest BCUT2D eigenvalue weighted by molar-refractivity contribution is 6.83. The predicted molar refractivity (Wildman–Crippen MR) is 50.5 cm³/mol. The van der Waals surface area contributed by atoms with E-state index in [4.69, 9.17) is 0 Å². The summed E-state index contributed by atoms with van der Waals surface area (Å²) < 4.78 is 0. The zero-order valence-electron chi connectivity index (χ0n) is 7.33. The van der Waals surface area contributed by atoms with Crippen LogP contribution in [0, 0.1) is 0 Å². The summed E-state index contributed by atoms with van der Waals surface area (Å²) in [7, 11) is 1.67. The van der Waals surface area contributed by atoms with E-state index in [0.29, 0.717) is 0 Å². The minimum atomic E-state index is -0.691. The molecule has 0 aliphatic rings. The standard InChI is InChI=1S/C7H19BSi/c1-4-9(5-2,6-3)7-8/h4-8H2,1-3H3. The second-order valence-corrected chi connectivity index (χ2v) is 8.74. The first-order valence-electron chi connectivity index (χ1n) is 4.24. The maximum atomic E-state index is 2.36. The summed E-state index contributed by atoms with van der Waals surface area (Å²) >= 11 is 0. The van der Waals surface area contributed by atoms with E-state index in [2.05, 4.69) is 28.6 Å². The summed E-state index contributed by atoms with van der Waals surface area (Å²) in [6.07, 6.45) is 0. The quantitative estimate of drug-likeness (QED) is 0.527. The van der Waals surface area contributed by atoms with Crippen molar-refractivity contribution in [3.8, 4) is 0 Å². The van der Waals surface area contributed by atoms with E-state index in [1.807, 2.05) is 0 Å². The fourth-order valence-corrected chi connectivity index (χ4v) is 4.50. The third-order valence-corrected chi connectivity index (χ3v) is 9.00. The third kappa shape index (κ3) is 2.17. The van der Waals surface area contributed by atoms with Crippen LogP contribution in [-0.2, 0) is 0 Å². The smallest absolute Gasteiger partial charge is 0.0845 e. The number of rotatable bonds is 4. The van der Waals surface area contributed by atoms with Gasteiger partial charge in [0.2, 0.25) is 0 Å². The van der Waals surface area contributed by atoms with Crippen molar-refractivity contribution in [2.45, 2.75) is 44.8 Å². The fourth-order valence-electron chi connectivity index (χ4n) is 1.50. The van der Waals surface area contributed by atoms with Gasteiger partial charge in [0, 0.05) is 8.07 Å². The molecule has 0 unspecified atom stereocenters. The zero-order valence-corrected chi connectivity index (χ0v) is 8.33. The summed E-state index contributed by atoms with van der Waals surface area (Å²) in [6.45, 7) is 7.09. The Bertz CT molecular complexity index is 51.8. The van der Waals surface area contributed by atoms with Crippen LogP contribution in [0.5, 0.6) is 0 Å². The summed E-state index contributed by atoms with van der Waals surface area (Å²) in [5, 5.41) is 0. The van der Waals surface area contributed by atoms with Gasteiger partial charge < -0.3 is 0 Å². The molecule has 0 saturated carbocycles. The average Bonchev–Trinajstić information content (AvgIpc) is 1.95. The van der Waals surface area contributed by atoms with E-state index in [9.17, 15) is 0 Å². The molecule has 0 aromatic carbocycles. The highest BCUT2D eigenvalue weighted by atomic mass is 28.3. The lowest BCUT2D eigenvalue weighted by Gasteiger charge is -2.25. The molecular weight excluding hydrogens is 123 g/mol. The molecule has 0 rings (SSSR count). The van der Waals surface area contributed by atoms with Crippen LogP contribution in [0.4, 0.5) is 0 Å². The molecule has 0 heterocycles. The SMILES string of the molecule is BC[Si](CC)(CC)CC. The van der Waals surface area contributed by atoms with Crippen molar-refractivity contribution in [2.75, 3.05) is 0 Å². The van der Waals surface area contributed by atoms with Crippen molar-refractivity contribution < 1.29 is 0 Å². The van der Waals surface area contributed by atoms with E-state index in [-0.39, 0.29) is 0 Å². The van der Waals surface area contributed by atoms with Gasteiger partial charge in [-0.1, -0.05) is 44.8 Å². The Morgan fingerprint density at radius 3 is 1.33 bits per heavy atom. The van der Waals surface area contributed by atoms with Crippen LogP contribution in [0.2, 0.25) is 24.1 Å². The molecule has 0 bridgehead atoms. The Kier molecular flexibility index (Phi) is 4.28. The van der Waals surface area contributed by atoms with Gasteiger partial charge in [0.25, 0.3) is 0 Å². The van der Waals surface area contributed by atoms with Crippen molar-refractivity contribution in [3.05, 3.63) is 0 Å². The predicted octanol–water partition coefficient (Wildman–Crippen LogP) is 2.09. The number of hydrogen-bond acceptors (Lipinski definition) is 0. The molecule has 0 spiro atoms. The molecular formula is C7H19BSi. The van der Waals surface area contributed by atoms with E-state index in [1.54, 1.807) is 0 Å². The van der Waals surface area contributed by atoms with Crippen molar-refractivity contribution >= 4 is 15.9 Å². The molecule has 0 N–H and O–H groups in total. The summed E-state index contributed by atoms with van der Waals surface area (Å²) in [4.78, 5) is 0. The van der Waals surface area contributed by atoms with Crippen LogP contribution in [0.25, 0.3) is 0 Å². The van der Waals surface area contributed by atoms with Gasteiger partial charge in [-0.05, 0) is 0 Å². The summed E-state index contributed by atoms with van der Waals surface area (Å²) in [5.74, 6) is 1.48. The van der Waals surface area contributed by atoms with Crippen LogP contribution in [0.15, 0.2) is 0 Å². The lowest BCUT2D eigenvalue weighted by Crippen LogP contribution is -2.30. The van der Waals surface area contributed by atoms with Gasteiger partial charge in [0.05, 0.1) is 7.85 Å². The second-order valence-electron chi connectivity index (χ2n) is 2.91. The highest BCUT2D eigenvalue weighted by Gasteiger charge is 2.22. The topological polar surface area (TPSA) is 0 Å². The van der Waals surface area contributed by atoms with Gasteiger partial charge in [-0.2, -0.15) is 0 Å². The van der Waals surface area contributed by atoms with Crippen molar-refractivity contribution in [1.29, 1.82) is 0 Å². The van der Waals surface area contributed by atoms with Gasteiger partial charge in [0.1, 0.15) is 0 Å². The Hall–Kier alpha value is 0.282. The third-order valence-electron chi connectivity index (χ3n) is 3.00. The molecule has 0 aliphatic heterocycles. The second kappa shape index (κ2) is 4.15. The Morgan fingerprint density at radius 2 is 1.33 bits per heavy atom. The Balaban J connectivity index is 3.82. The molecule has 2 heteroatoms. The molecule has 0 nitrogen and oxygen atoms in total. The van der Waals surface area contributed by atoms with Gasteiger partial charge in [0.15, 0.2) is 0 Å². The minimum absolute atomic E-state index is 0.691. The molecule has 0 aromatic rings. The maximum absolute atomic E-state index is 2.36. The van der Waals surface area contributed by atoms with Crippen LogP contribution in [0.1, 0.15) is 20.8 Å². The maximum Gasteiger partial charge on any atom is 0.0980 e. The normalized spacial score (nSPS) is 11.9. The van der Waals surface area contributed by atoms with Crippen LogP contribution in [-0.4, -0.2) is 15.9 Å². The van der Waals surface area contributed by atoms with Gasteiger partial charge in [-0.25, -0.2) is 0 Å². The van der Waals surface area contributed by atoms with Crippen molar-refractivity contribution in [1.82, 2.24) is 0 Å². The van der Waals surface area contributed by atoms with Gasteiger partial charge in [-0.15, -0.1) is 0 Å². The zero-order chi connectivity index (χ0) is 7.33. The van der Waals surface area contributed by atoms with E-state index >= 15 is 0 Å². The molecule has 0 fully saturated rings. The lowest BCUT2D eigenvalue weighted by molar-refractivity contribution is 1.16. The highest BCUT2D eigenvalue weighted by Crippen LogP contribution is 2.22.